The summed E-state index contributed by atoms with van der Waals surface area (Å²) in [5.74, 6) is 0. The average Bonchev–Trinajstić information content (AvgIpc) is 2.99. The van der Waals surface area contributed by atoms with Crippen LogP contribution in [0, 0.1) is 6.92 Å². The SMILES string of the molecule is Cc1ccncc1-n1ccc2cc(N3C=CC=NC3)ccc21. The largest absolute Gasteiger partial charge is 0.328 e. The van der Waals surface area contributed by atoms with Crippen molar-refractivity contribution in [2.24, 2.45) is 4.99 Å². The predicted octanol–water partition coefficient (Wildman–Crippen LogP) is 3.70. The number of rotatable bonds is 2. The van der Waals surface area contributed by atoms with E-state index in [9.17, 15) is 0 Å². The van der Waals surface area contributed by atoms with E-state index < -0.39 is 0 Å². The fourth-order valence-electron chi connectivity index (χ4n) is 2.78. The third-order valence-corrected chi connectivity index (χ3v) is 3.97. The molecule has 22 heavy (non-hydrogen) atoms. The molecule has 0 fully saturated rings. The van der Waals surface area contributed by atoms with Crippen molar-refractivity contribution in [3.63, 3.8) is 0 Å². The smallest absolute Gasteiger partial charge is 0.114 e. The molecule has 0 N–H and O–H groups in total. The maximum atomic E-state index is 4.28. The molecule has 2 aromatic heterocycles. The lowest BCUT2D eigenvalue weighted by molar-refractivity contribution is 0.971. The van der Waals surface area contributed by atoms with E-state index in [4.69, 9.17) is 0 Å². The van der Waals surface area contributed by atoms with E-state index in [2.05, 4.69) is 63.0 Å². The molecule has 1 aliphatic rings. The second kappa shape index (κ2) is 5.15. The third kappa shape index (κ3) is 2.09. The molecule has 0 saturated carbocycles. The fourth-order valence-corrected chi connectivity index (χ4v) is 2.78. The molecule has 3 aromatic rings. The Bertz CT molecular complexity index is 889. The van der Waals surface area contributed by atoms with Crippen LogP contribution in [0.5, 0.6) is 0 Å². The number of hydrogen-bond donors (Lipinski definition) is 0. The van der Waals surface area contributed by atoms with Crippen molar-refractivity contribution in [1.82, 2.24) is 9.55 Å². The number of nitrogens with zero attached hydrogens (tertiary/aromatic N) is 4. The highest BCUT2D eigenvalue weighted by molar-refractivity contribution is 5.86. The highest BCUT2D eigenvalue weighted by Crippen LogP contribution is 2.27. The maximum absolute atomic E-state index is 4.28. The molecule has 0 bridgehead atoms. The quantitative estimate of drug-likeness (QED) is 0.720. The number of aliphatic imine (C=N–C) groups is 1. The molecule has 0 amide bonds. The number of pyridine rings is 1. The summed E-state index contributed by atoms with van der Waals surface area (Å²) in [6.45, 7) is 2.78. The number of aromatic nitrogens is 2. The molecule has 3 heterocycles. The lowest BCUT2D eigenvalue weighted by Crippen LogP contribution is -2.18. The van der Waals surface area contributed by atoms with E-state index >= 15 is 0 Å². The van der Waals surface area contributed by atoms with Crippen LogP contribution in [-0.2, 0) is 0 Å². The molecule has 0 radical (unpaired) electrons. The van der Waals surface area contributed by atoms with E-state index in [1.807, 2.05) is 30.8 Å². The number of benzene rings is 1. The second-order valence-electron chi connectivity index (χ2n) is 5.38. The van der Waals surface area contributed by atoms with Gasteiger partial charge < -0.3 is 9.47 Å². The number of anilines is 1. The van der Waals surface area contributed by atoms with Crippen LogP contribution >= 0.6 is 0 Å². The van der Waals surface area contributed by atoms with Gasteiger partial charge in [0.25, 0.3) is 0 Å². The Balaban J connectivity index is 1.79. The molecule has 4 nitrogen and oxygen atoms in total. The second-order valence-corrected chi connectivity index (χ2v) is 5.38. The van der Waals surface area contributed by atoms with Crippen LogP contribution in [0.1, 0.15) is 5.56 Å². The maximum Gasteiger partial charge on any atom is 0.114 e. The molecule has 0 atom stereocenters. The zero-order chi connectivity index (χ0) is 14.9. The van der Waals surface area contributed by atoms with Crippen LogP contribution in [0.25, 0.3) is 16.6 Å². The van der Waals surface area contributed by atoms with E-state index in [0.29, 0.717) is 6.67 Å². The first-order valence-corrected chi connectivity index (χ1v) is 7.28. The molecule has 1 aromatic carbocycles. The van der Waals surface area contributed by atoms with Crippen LogP contribution in [-0.4, -0.2) is 22.4 Å². The van der Waals surface area contributed by atoms with Crippen LogP contribution in [0.4, 0.5) is 5.69 Å². The minimum absolute atomic E-state index is 0.671. The van der Waals surface area contributed by atoms with Gasteiger partial charge in [-0.2, -0.15) is 0 Å². The van der Waals surface area contributed by atoms with Crippen molar-refractivity contribution in [3.8, 4) is 5.69 Å². The van der Waals surface area contributed by atoms with E-state index in [0.717, 1.165) is 11.4 Å². The Morgan fingerprint density at radius 2 is 2.09 bits per heavy atom. The first-order chi connectivity index (χ1) is 10.8. The van der Waals surface area contributed by atoms with Crippen molar-refractivity contribution in [2.75, 3.05) is 11.6 Å². The lowest BCUT2D eigenvalue weighted by atomic mass is 10.2. The summed E-state index contributed by atoms with van der Waals surface area (Å²) in [5, 5.41) is 1.21. The van der Waals surface area contributed by atoms with Gasteiger partial charge in [0, 0.05) is 35.9 Å². The van der Waals surface area contributed by atoms with Crippen molar-refractivity contribution in [1.29, 1.82) is 0 Å². The Morgan fingerprint density at radius 1 is 1.14 bits per heavy atom. The van der Waals surface area contributed by atoms with E-state index in [-0.39, 0.29) is 0 Å². The minimum atomic E-state index is 0.671. The monoisotopic (exact) mass is 288 g/mol. The molecule has 108 valence electrons. The topological polar surface area (TPSA) is 33.4 Å². The third-order valence-electron chi connectivity index (χ3n) is 3.97. The summed E-state index contributed by atoms with van der Waals surface area (Å²) in [4.78, 5) is 10.7. The first-order valence-electron chi connectivity index (χ1n) is 7.28. The van der Waals surface area contributed by atoms with Gasteiger partial charge in [0.15, 0.2) is 0 Å². The van der Waals surface area contributed by atoms with Gasteiger partial charge in [-0.1, -0.05) is 0 Å². The van der Waals surface area contributed by atoms with Crippen LogP contribution in [0.3, 0.4) is 0 Å². The molecule has 0 unspecified atom stereocenters. The molecular formula is C18H16N4. The van der Waals surface area contributed by atoms with E-state index in [1.54, 1.807) is 0 Å². The summed E-state index contributed by atoms with van der Waals surface area (Å²) in [6, 6.07) is 10.7. The number of allylic oxidation sites excluding steroid dienone is 1. The highest BCUT2D eigenvalue weighted by Gasteiger charge is 2.09. The zero-order valence-corrected chi connectivity index (χ0v) is 12.3. The van der Waals surface area contributed by atoms with Gasteiger partial charge in [-0.15, -0.1) is 0 Å². The Hall–Kier alpha value is -2.88. The summed E-state index contributed by atoms with van der Waals surface area (Å²) in [5.41, 5.74) is 4.67. The average molecular weight is 288 g/mol. The highest BCUT2D eigenvalue weighted by atomic mass is 15.2. The fraction of sp³-hybridized carbons (Fsp3) is 0.111. The molecule has 1 aliphatic heterocycles. The Kier molecular flexibility index (Phi) is 3.00. The summed E-state index contributed by atoms with van der Waals surface area (Å²) in [6.07, 6.45) is 11.7. The lowest BCUT2D eigenvalue weighted by Gasteiger charge is -2.20. The van der Waals surface area contributed by atoms with Gasteiger partial charge >= 0.3 is 0 Å². The van der Waals surface area contributed by atoms with Gasteiger partial charge in [0.1, 0.15) is 6.67 Å². The van der Waals surface area contributed by atoms with Crippen molar-refractivity contribution in [3.05, 3.63) is 66.8 Å². The number of aryl methyl sites for hydroxylation is 1. The molecule has 4 heteroatoms. The Labute approximate surface area is 129 Å². The van der Waals surface area contributed by atoms with Crippen LogP contribution in [0.15, 0.2) is 66.2 Å². The minimum Gasteiger partial charge on any atom is -0.328 e. The zero-order valence-electron chi connectivity index (χ0n) is 12.3. The summed E-state index contributed by atoms with van der Waals surface area (Å²) < 4.78 is 2.19. The standard InChI is InChI=1S/C18H16N4/c1-14-5-8-19-12-18(14)22-10-6-15-11-16(3-4-17(15)22)21-9-2-7-20-13-21/h2-12H,13H2,1H3. The van der Waals surface area contributed by atoms with E-state index in [1.165, 1.54) is 16.5 Å². The van der Waals surface area contributed by atoms with Crippen molar-refractivity contribution in [2.45, 2.75) is 6.92 Å². The molecule has 4 rings (SSSR count). The van der Waals surface area contributed by atoms with Gasteiger partial charge in [-0.25, -0.2) is 0 Å². The molecule has 0 spiro atoms. The number of fused-ring (bicyclic) bond motifs is 1. The van der Waals surface area contributed by atoms with Gasteiger partial charge in [0.2, 0.25) is 0 Å². The van der Waals surface area contributed by atoms with Gasteiger partial charge in [-0.3, -0.25) is 9.98 Å². The van der Waals surface area contributed by atoms with Crippen molar-refractivity contribution < 1.29 is 0 Å². The Morgan fingerprint density at radius 3 is 2.91 bits per heavy atom. The first kappa shape index (κ1) is 12.8. The van der Waals surface area contributed by atoms with Gasteiger partial charge in [0.05, 0.1) is 17.4 Å². The molecular weight excluding hydrogens is 272 g/mol. The number of hydrogen-bond acceptors (Lipinski definition) is 3. The summed E-state index contributed by atoms with van der Waals surface area (Å²) >= 11 is 0. The molecule has 0 saturated heterocycles. The predicted molar refractivity (Wildman–Crippen MR) is 90.8 cm³/mol. The van der Waals surface area contributed by atoms with Crippen LogP contribution in [0.2, 0.25) is 0 Å². The van der Waals surface area contributed by atoms with Crippen molar-refractivity contribution >= 4 is 22.8 Å². The molecule has 0 aliphatic carbocycles. The van der Waals surface area contributed by atoms with Gasteiger partial charge in [-0.05, 0) is 48.9 Å². The van der Waals surface area contributed by atoms with Crippen LogP contribution < -0.4 is 4.90 Å². The normalized spacial score (nSPS) is 14.0. The summed E-state index contributed by atoms with van der Waals surface area (Å²) in [7, 11) is 0.